The molecule has 1 aliphatic heterocycles. The summed E-state index contributed by atoms with van der Waals surface area (Å²) in [6.45, 7) is 11.0. The molecule has 2 unspecified atom stereocenters. The first-order valence-corrected chi connectivity index (χ1v) is 9.10. The summed E-state index contributed by atoms with van der Waals surface area (Å²) >= 11 is 0. The van der Waals surface area contributed by atoms with E-state index < -0.39 is 0 Å². The smallest absolute Gasteiger partial charge is 0.225 e. The van der Waals surface area contributed by atoms with Gasteiger partial charge in [0, 0.05) is 36.8 Å². The summed E-state index contributed by atoms with van der Waals surface area (Å²) in [6, 6.07) is 8.39. The van der Waals surface area contributed by atoms with Crippen LogP contribution >= 0.6 is 0 Å². The van der Waals surface area contributed by atoms with Crippen LogP contribution in [0.4, 0.5) is 0 Å². The largest absolute Gasteiger partial charge is 0.338 e. The van der Waals surface area contributed by atoms with E-state index in [0.29, 0.717) is 0 Å². The summed E-state index contributed by atoms with van der Waals surface area (Å²) in [5.74, 6) is 9.76. The third-order valence-electron chi connectivity index (χ3n) is 4.49. The Morgan fingerprint density at radius 2 is 2.12 bits per heavy atom. The molecule has 1 saturated heterocycles. The quantitative estimate of drug-likeness (QED) is 0.750. The second-order valence-electron chi connectivity index (χ2n) is 8.22. The van der Waals surface area contributed by atoms with Gasteiger partial charge in [0.2, 0.25) is 5.91 Å². The van der Waals surface area contributed by atoms with Gasteiger partial charge in [-0.2, -0.15) is 0 Å². The first-order valence-electron chi connectivity index (χ1n) is 9.10. The van der Waals surface area contributed by atoms with Gasteiger partial charge in [-0.15, -0.1) is 12.3 Å². The van der Waals surface area contributed by atoms with Crippen LogP contribution in [0, 0.1) is 41.4 Å². The normalized spacial score (nSPS) is 20.1. The van der Waals surface area contributed by atoms with Crippen molar-refractivity contribution >= 4 is 5.91 Å². The lowest BCUT2D eigenvalue weighted by atomic mass is 9.93. The van der Waals surface area contributed by atoms with E-state index >= 15 is 0 Å². The first kappa shape index (κ1) is 19.1. The Morgan fingerprint density at radius 3 is 2.72 bits per heavy atom. The number of hydrogen-bond donors (Lipinski definition) is 0. The number of benzene rings is 1. The number of carbonyl (C=O) groups excluding carboxylic acids is 1. The van der Waals surface area contributed by atoms with Gasteiger partial charge in [0.15, 0.2) is 0 Å². The minimum Gasteiger partial charge on any atom is -0.338 e. The van der Waals surface area contributed by atoms with E-state index in [9.17, 15) is 4.79 Å². The van der Waals surface area contributed by atoms with E-state index in [2.05, 4.69) is 50.7 Å². The Bertz CT molecular complexity index is 727. The van der Waals surface area contributed by atoms with Crippen molar-refractivity contribution in [2.24, 2.45) is 17.3 Å². The molecule has 25 heavy (non-hydrogen) atoms. The zero-order chi connectivity index (χ0) is 18.6. The van der Waals surface area contributed by atoms with Gasteiger partial charge in [-0.3, -0.25) is 4.79 Å². The molecule has 1 heterocycles. The second kappa shape index (κ2) is 7.79. The van der Waals surface area contributed by atoms with Crippen molar-refractivity contribution in [2.75, 3.05) is 6.54 Å². The van der Waals surface area contributed by atoms with E-state index in [4.69, 9.17) is 6.42 Å². The van der Waals surface area contributed by atoms with Gasteiger partial charge in [0.05, 0.1) is 0 Å². The van der Waals surface area contributed by atoms with Gasteiger partial charge in [-0.05, 0) is 51.3 Å². The van der Waals surface area contributed by atoms with Gasteiger partial charge in [0.25, 0.3) is 0 Å². The lowest BCUT2D eigenvalue weighted by Crippen LogP contribution is -2.41. The molecule has 1 amide bonds. The topological polar surface area (TPSA) is 20.3 Å². The summed E-state index contributed by atoms with van der Waals surface area (Å²) in [7, 11) is 0. The lowest BCUT2D eigenvalue weighted by Gasteiger charge is -2.28. The highest BCUT2D eigenvalue weighted by Crippen LogP contribution is 2.28. The number of terminal acetylenes is 1. The Kier molecular flexibility index (Phi) is 5.97. The molecule has 0 aromatic heterocycles. The van der Waals surface area contributed by atoms with Crippen LogP contribution in [0.1, 0.15) is 53.6 Å². The number of carbonyl (C=O) groups is 1. The zero-order valence-electron chi connectivity index (χ0n) is 16.1. The predicted molar refractivity (Wildman–Crippen MR) is 106 cm³/mol. The van der Waals surface area contributed by atoms with Crippen molar-refractivity contribution in [3.8, 4) is 24.2 Å². The molecule has 1 fully saturated rings. The van der Waals surface area contributed by atoms with Gasteiger partial charge in [-0.1, -0.05) is 37.8 Å². The minimum absolute atomic E-state index is 0. The van der Waals surface area contributed by atoms with E-state index in [1.54, 1.807) is 0 Å². The van der Waals surface area contributed by atoms with E-state index in [1.807, 2.05) is 30.9 Å². The molecule has 0 saturated carbocycles. The SMILES string of the molecule is C#CC1CCN(C(=O)C(C)C)C1Cc1cccc(C#CC(C)(C)C)c1.[HH]. The first-order chi connectivity index (χ1) is 11.7. The van der Waals surface area contributed by atoms with Crippen LogP contribution in [0.5, 0.6) is 0 Å². The number of hydrogen-bond acceptors (Lipinski definition) is 1. The fourth-order valence-electron chi connectivity index (χ4n) is 3.18. The van der Waals surface area contributed by atoms with Crippen molar-refractivity contribution in [1.29, 1.82) is 0 Å². The van der Waals surface area contributed by atoms with Crippen molar-refractivity contribution < 1.29 is 6.22 Å². The molecule has 0 spiro atoms. The number of rotatable bonds is 3. The molecule has 0 N–H and O–H groups in total. The summed E-state index contributed by atoms with van der Waals surface area (Å²) in [6.07, 6.45) is 7.41. The lowest BCUT2D eigenvalue weighted by molar-refractivity contribution is -0.135. The molecular weight excluding hydrogens is 306 g/mol. The van der Waals surface area contributed by atoms with Crippen LogP contribution in [0.15, 0.2) is 24.3 Å². The summed E-state index contributed by atoms with van der Waals surface area (Å²) in [5, 5.41) is 0. The highest BCUT2D eigenvalue weighted by Gasteiger charge is 2.36. The molecule has 0 bridgehead atoms. The predicted octanol–water partition coefficient (Wildman–Crippen LogP) is 4.38. The minimum atomic E-state index is -0.0174. The maximum absolute atomic E-state index is 12.5. The van der Waals surface area contributed by atoms with Crippen LogP contribution in [-0.2, 0) is 11.2 Å². The monoisotopic (exact) mass is 337 g/mol. The molecule has 1 aliphatic rings. The average molecular weight is 338 g/mol. The van der Waals surface area contributed by atoms with Crippen LogP contribution in [0.2, 0.25) is 0 Å². The molecule has 2 heteroatoms. The molecule has 134 valence electrons. The Balaban J connectivity index is 0.00000338. The third kappa shape index (κ3) is 5.14. The summed E-state index contributed by atoms with van der Waals surface area (Å²) in [5.41, 5.74) is 2.19. The average Bonchev–Trinajstić information content (AvgIpc) is 2.94. The van der Waals surface area contributed by atoms with Gasteiger partial charge in [-0.25, -0.2) is 0 Å². The Labute approximate surface area is 154 Å². The molecule has 2 nitrogen and oxygen atoms in total. The van der Waals surface area contributed by atoms with Crippen LogP contribution in [0.3, 0.4) is 0 Å². The van der Waals surface area contributed by atoms with Gasteiger partial charge < -0.3 is 4.90 Å². The molecular formula is C23H31NO. The van der Waals surface area contributed by atoms with E-state index in [0.717, 1.165) is 24.9 Å². The number of nitrogens with zero attached hydrogens (tertiary/aromatic N) is 1. The zero-order valence-corrected chi connectivity index (χ0v) is 16.1. The van der Waals surface area contributed by atoms with Crippen molar-refractivity contribution in [1.82, 2.24) is 4.90 Å². The van der Waals surface area contributed by atoms with Gasteiger partial charge >= 0.3 is 0 Å². The fraction of sp³-hybridized carbons (Fsp3) is 0.522. The number of likely N-dealkylation sites (tertiary alicyclic amines) is 1. The molecule has 0 aliphatic carbocycles. The Hall–Kier alpha value is -2.19. The fourth-order valence-corrected chi connectivity index (χ4v) is 3.18. The van der Waals surface area contributed by atoms with Crippen LogP contribution in [0.25, 0.3) is 0 Å². The Morgan fingerprint density at radius 1 is 1.40 bits per heavy atom. The van der Waals surface area contributed by atoms with Crippen molar-refractivity contribution in [3.05, 3.63) is 35.4 Å². The molecule has 2 atom stereocenters. The third-order valence-corrected chi connectivity index (χ3v) is 4.49. The summed E-state index contributed by atoms with van der Waals surface area (Å²) < 4.78 is 0. The maximum Gasteiger partial charge on any atom is 0.225 e. The highest BCUT2D eigenvalue weighted by molar-refractivity contribution is 5.79. The highest BCUT2D eigenvalue weighted by atomic mass is 16.2. The standard InChI is InChI=1S/C23H29NO.H2/c1-7-20-12-14-24(22(25)17(2)3)21(20)16-19-10-8-9-18(15-19)11-13-23(4,5)6;/h1,8-10,15,17,20-21H,12,14,16H2,2-6H3;1H. The molecule has 1 aromatic rings. The van der Waals surface area contributed by atoms with Crippen molar-refractivity contribution in [2.45, 2.75) is 53.5 Å². The maximum atomic E-state index is 12.5. The number of amides is 1. The molecule has 0 radical (unpaired) electrons. The molecule has 1 aromatic carbocycles. The van der Waals surface area contributed by atoms with Crippen LogP contribution in [-0.4, -0.2) is 23.4 Å². The summed E-state index contributed by atoms with van der Waals surface area (Å²) in [4.78, 5) is 14.5. The second-order valence-corrected chi connectivity index (χ2v) is 8.22. The van der Waals surface area contributed by atoms with E-state index in [-0.39, 0.29) is 30.6 Å². The van der Waals surface area contributed by atoms with E-state index in [1.165, 1.54) is 5.56 Å². The molecule has 2 rings (SSSR count). The van der Waals surface area contributed by atoms with Crippen LogP contribution < -0.4 is 0 Å². The van der Waals surface area contributed by atoms with Crippen molar-refractivity contribution in [3.63, 3.8) is 0 Å². The van der Waals surface area contributed by atoms with Gasteiger partial charge in [0.1, 0.15) is 0 Å².